The monoisotopic (exact) mass is 302 g/mol. The predicted molar refractivity (Wildman–Crippen MR) is 90.9 cm³/mol. The lowest BCUT2D eigenvalue weighted by atomic mass is 10.0. The molecule has 23 heavy (non-hydrogen) atoms. The van der Waals surface area contributed by atoms with Crippen molar-refractivity contribution in [3.05, 3.63) is 76.5 Å². The van der Waals surface area contributed by atoms with Gasteiger partial charge in [0, 0.05) is 10.9 Å². The fraction of sp³-hybridized carbons (Fsp3) is 0.100. The zero-order chi connectivity index (χ0) is 16.4. The van der Waals surface area contributed by atoms with Crippen LogP contribution >= 0.6 is 0 Å². The summed E-state index contributed by atoms with van der Waals surface area (Å²) in [4.78, 5) is 15.9. The molecule has 1 heterocycles. The molecule has 0 bridgehead atoms. The third kappa shape index (κ3) is 3.14. The summed E-state index contributed by atoms with van der Waals surface area (Å²) in [6, 6.07) is 15.0. The smallest absolute Gasteiger partial charge is 0.0722 e. The Bertz CT molecular complexity index is 926. The van der Waals surface area contributed by atoms with Crippen LogP contribution in [0.5, 0.6) is 0 Å². The fourth-order valence-corrected chi connectivity index (χ4v) is 2.56. The van der Waals surface area contributed by atoms with Gasteiger partial charge in [-0.3, -0.25) is 0 Å². The number of pyridine rings is 1. The lowest BCUT2D eigenvalue weighted by molar-refractivity contribution is -0.254. The molecule has 3 rings (SSSR count). The molecule has 114 valence electrons. The van der Waals surface area contributed by atoms with E-state index in [0.29, 0.717) is 16.6 Å². The number of nitrogens with zero attached hydrogens (tertiary/aromatic N) is 1. The number of benzene rings is 2. The van der Waals surface area contributed by atoms with Crippen molar-refractivity contribution in [2.75, 3.05) is 0 Å². The van der Waals surface area contributed by atoms with E-state index >= 15 is 0 Å². The molecule has 0 atom stereocenters. The van der Waals surface area contributed by atoms with Gasteiger partial charge < -0.3 is 9.90 Å². The Balaban J connectivity index is 2.08. The van der Waals surface area contributed by atoms with Gasteiger partial charge in [-0.05, 0) is 43.2 Å². The molecule has 0 radical (unpaired) electrons. The molecule has 0 saturated carbocycles. The van der Waals surface area contributed by atoms with E-state index in [-0.39, 0.29) is 5.56 Å². The first-order valence-corrected chi connectivity index (χ1v) is 7.41. The van der Waals surface area contributed by atoms with Gasteiger partial charge in [-0.2, -0.15) is 0 Å². The van der Waals surface area contributed by atoms with Crippen molar-refractivity contribution in [2.45, 2.75) is 13.8 Å². The molecule has 3 nitrogen and oxygen atoms in total. The summed E-state index contributed by atoms with van der Waals surface area (Å²) in [6.45, 7) is 4.08. The van der Waals surface area contributed by atoms with Crippen LogP contribution in [0.4, 0.5) is 0 Å². The largest absolute Gasteiger partial charge is 0.545 e. The number of aryl methyl sites for hydroxylation is 2. The highest BCUT2D eigenvalue weighted by atomic mass is 16.4. The number of aromatic nitrogens is 1. The van der Waals surface area contributed by atoms with Gasteiger partial charge in [0.25, 0.3) is 0 Å². The molecular weight excluding hydrogens is 286 g/mol. The van der Waals surface area contributed by atoms with Crippen molar-refractivity contribution in [3.8, 4) is 0 Å². The van der Waals surface area contributed by atoms with Crippen LogP contribution in [0.25, 0.3) is 23.1 Å². The number of rotatable bonds is 3. The van der Waals surface area contributed by atoms with Gasteiger partial charge in [-0.25, -0.2) is 4.98 Å². The minimum absolute atomic E-state index is 0.163. The van der Waals surface area contributed by atoms with Crippen molar-refractivity contribution >= 4 is 29.0 Å². The Morgan fingerprint density at radius 3 is 2.61 bits per heavy atom. The average Bonchev–Trinajstić information content (AvgIpc) is 2.54. The van der Waals surface area contributed by atoms with Crippen LogP contribution in [-0.4, -0.2) is 11.0 Å². The number of carbonyl (C=O) groups excluding carboxylic acids is 1. The highest BCUT2D eigenvalue weighted by molar-refractivity contribution is 6.02. The number of hydrogen-bond acceptors (Lipinski definition) is 3. The van der Waals surface area contributed by atoms with Crippen molar-refractivity contribution in [1.82, 2.24) is 4.98 Å². The number of carbonyl (C=O) groups is 1. The van der Waals surface area contributed by atoms with Gasteiger partial charge in [0.1, 0.15) is 0 Å². The first kappa shape index (κ1) is 15.0. The maximum atomic E-state index is 11.4. The minimum Gasteiger partial charge on any atom is -0.545 e. The molecule has 3 heteroatoms. The van der Waals surface area contributed by atoms with Crippen LogP contribution in [0.2, 0.25) is 0 Å². The van der Waals surface area contributed by atoms with Crippen LogP contribution < -0.4 is 5.11 Å². The standard InChI is InChI=1S/C20H17NO2/c1-13-7-8-14(2)15(11-13)9-10-16-12-18(20(22)23)17-5-3-4-6-19(17)21-16/h3-12H,1-2H3,(H,22,23)/p-1/b10-9+. The van der Waals surface area contributed by atoms with Crippen molar-refractivity contribution in [1.29, 1.82) is 0 Å². The lowest BCUT2D eigenvalue weighted by Gasteiger charge is -2.08. The summed E-state index contributed by atoms with van der Waals surface area (Å²) in [5.74, 6) is -1.19. The number of aromatic carboxylic acids is 1. The molecule has 1 aromatic heterocycles. The maximum absolute atomic E-state index is 11.4. The number of para-hydroxylation sites is 1. The minimum atomic E-state index is -1.19. The van der Waals surface area contributed by atoms with Crippen LogP contribution in [0.15, 0.2) is 48.5 Å². The molecule has 0 amide bonds. The molecule has 0 aliphatic carbocycles. The van der Waals surface area contributed by atoms with E-state index < -0.39 is 5.97 Å². The molecule has 0 saturated heterocycles. The van der Waals surface area contributed by atoms with Crippen LogP contribution in [-0.2, 0) is 0 Å². The summed E-state index contributed by atoms with van der Waals surface area (Å²) in [5.41, 5.74) is 4.84. The second kappa shape index (κ2) is 6.05. The zero-order valence-corrected chi connectivity index (χ0v) is 13.0. The first-order chi connectivity index (χ1) is 11.0. The van der Waals surface area contributed by atoms with E-state index in [4.69, 9.17) is 0 Å². The van der Waals surface area contributed by atoms with Gasteiger partial charge in [0.2, 0.25) is 0 Å². The third-order valence-electron chi connectivity index (χ3n) is 3.82. The zero-order valence-electron chi connectivity index (χ0n) is 13.0. The maximum Gasteiger partial charge on any atom is 0.0722 e. The normalized spacial score (nSPS) is 11.2. The Hall–Kier alpha value is -2.94. The molecule has 0 aliphatic rings. The fourth-order valence-electron chi connectivity index (χ4n) is 2.56. The molecule has 0 unspecified atom stereocenters. The lowest BCUT2D eigenvalue weighted by Crippen LogP contribution is -2.22. The highest BCUT2D eigenvalue weighted by Gasteiger charge is 2.05. The molecule has 0 N–H and O–H groups in total. The summed E-state index contributed by atoms with van der Waals surface area (Å²) in [6.07, 6.45) is 3.79. The van der Waals surface area contributed by atoms with Crippen LogP contribution in [0, 0.1) is 13.8 Å². The Kier molecular flexibility index (Phi) is 3.94. The van der Waals surface area contributed by atoms with Crippen molar-refractivity contribution in [2.24, 2.45) is 0 Å². The highest BCUT2D eigenvalue weighted by Crippen LogP contribution is 2.20. The summed E-state index contributed by atoms with van der Waals surface area (Å²) in [5, 5.41) is 12.0. The van der Waals surface area contributed by atoms with E-state index in [1.807, 2.05) is 32.1 Å². The van der Waals surface area contributed by atoms with Gasteiger partial charge in [0.15, 0.2) is 0 Å². The van der Waals surface area contributed by atoms with Crippen molar-refractivity contribution < 1.29 is 9.90 Å². The van der Waals surface area contributed by atoms with E-state index in [0.717, 1.165) is 11.1 Å². The molecule has 3 aromatic rings. The summed E-state index contributed by atoms with van der Waals surface area (Å²) >= 11 is 0. The van der Waals surface area contributed by atoms with Gasteiger partial charge in [-0.15, -0.1) is 0 Å². The SMILES string of the molecule is Cc1ccc(C)c(/C=C/c2cc(C(=O)[O-])c3ccccc3n2)c1. The van der Waals surface area contributed by atoms with Gasteiger partial charge >= 0.3 is 0 Å². The second-order valence-corrected chi connectivity index (χ2v) is 5.59. The molecule has 0 spiro atoms. The quantitative estimate of drug-likeness (QED) is 0.745. The third-order valence-corrected chi connectivity index (χ3v) is 3.82. The first-order valence-electron chi connectivity index (χ1n) is 7.41. The predicted octanol–water partition coefficient (Wildman–Crippen LogP) is 3.39. The second-order valence-electron chi connectivity index (χ2n) is 5.59. The Morgan fingerprint density at radius 1 is 1.04 bits per heavy atom. The Labute approximate surface area is 134 Å². The van der Waals surface area contributed by atoms with Gasteiger partial charge in [0.05, 0.1) is 17.2 Å². The van der Waals surface area contributed by atoms with E-state index in [9.17, 15) is 9.90 Å². The number of carboxylic acids is 1. The molecule has 0 fully saturated rings. The number of hydrogen-bond donors (Lipinski definition) is 0. The van der Waals surface area contributed by atoms with Crippen LogP contribution in [0.3, 0.4) is 0 Å². The molecule has 0 aliphatic heterocycles. The molecule has 2 aromatic carbocycles. The summed E-state index contributed by atoms with van der Waals surface area (Å²) in [7, 11) is 0. The molecular formula is C20H16NO2-. The number of fused-ring (bicyclic) bond motifs is 1. The van der Waals surface area contributed by atoms with E-state index in [1.54, 1.807) is 24.3 Å². The van der Waals surface area contributed by atoms with Crippen LogP contribution in [0.1, 0.15) is 32.7 Å². The summed E-state index contributed by atoms with van der Waals surface area (Å²) < 4.78 is 0. The van der Waals surface area contributed by atoms with E-state index in [1.165, 1.54) is 5.56 Å². The van der Waals surface area contributed by atoms with E-state index in [2.05, 4.69) is 23.2 Å². The van der Waals surface area contributed by atoms with Gasteiger partial charge in [-0.1, -0.05) is 48.0 Å². The van der Waals surface area contributed by atoms with Crippen molar-refractivity contribution in [3.63, 3.8) is 0 Å². The average molecular weight is 302 g/mol. The Morgan fingerprint density at radius 2 is 1.83 bits per heavy atom. The number of carboxylic acid groups (broad SMARTS) is 1. The topological polar surface area (TPSA) is 53.0 Å².